The fraction of sp³-hybridized carbons (Fsp3) is 0.364. The molecule has 0 N–H and O–H groups in total. The number of piperidine rings is 1. The number of alkyl halides is 3. The topological polar surface area (TPSA) is 37.6 Å². The van der Waals surface area contributed by atoms with Crippen molar-refractivity contribution in [3.8, 4) is 0 Å². The number of rotatable bonds is 4. The van der Waals surface area contributed by atoms with E-state index in [9.17, 15) is 18.0 Å². The molecule has 1 amide bonds. The van der Waals surface area contributed by atoms with E-state index in [1.165, 1.54) is 16.2 Å². The van der Waals surface area contributed by atoms with Gasteiger partial charge in [0.15, 0.2) is 5.65 Å². The number of halogens is 4. The Morgan fingerprint density at radius 3 is 2.50 bits per heavy atom. The number of carbonyl (C=O) groups is 1. The van der Waals surface area contributed by atoms with Gasteiger partial charge in [0, 0.05) is 25.5 Å². The molecule has 0 saturated carbocycles. The van der Waals surface area contributed by atoms with Crippen LogP contribution in [0.2, 0.25) is 5.02 Å². The van der Waals surface area contributed by atoms with E-state index < -0.39 is 11.7 Å². The summed E-state index contributed by atoms with van der Waals surface area (Å²) in [7, 11) is 0. The number of hydrogen-bond donors (Lipinski definition) is 0. The zero-order chi connectivity index (χ0) is 21.3. The lowest BCUT2D eigenvalue weighted by atomic mass is 9.90. The van der Waals surface area contributed by atoms with Crippen molar-refractivity contribution in [3.63, 3.8) is 0 Å². The second-order valence-electron chi connectivity index (χ2n) is 7.73. The van der Waals surface area contributed by atoms with Crippen LogP contribution in [-0.2, 0) is 23.8 Å². The highest BCUT2D eigenvalue weighted by Gasteiger charge is 2.32. The van der Waals surface area contributed by atoms with Gasteiger partial charge in [0.1, 0.15) is 0 Å². The van der Waals surface area contributed by atoms with E-state index >= 15 is 0 Å². The van der Waals surface area contributed by atoms with Crippen molar-refractivity contribution >= 4 is 23.2 Å². The number of imidazole rings is 1. The molecule has 1 aliphatic heterocycles. The molecule has 1 aliphatic rings. The van der Waals surface area contributed by atoms with Crippen LogP contribution in [0.3, 0.4) is 0 Å². The lowest BCUT2D eigenvalue weighted by Gasteiger charge is -2.32. The first-order valence-electron chi connectivity index (χ1n) is 9.85. The van der Waals surface area contributed by atoms with Gasteiger partial charge >= 0.3 is 6.18 Å². The second kappa shape index (κ2) is 8.30. The molecule has 30 heavy (non-hydrogen) atoms. The summed E-state index contributed by atoms with van der Waals surface area (Å²) in [6.07, 6.45) is 0.813. The van der Waals surface area contributed by atoms with Crippen LogP contribution in [0.25, 0.3) is 5.65 Å². The van der Waals surface area contributed by atoms with Crippen LogP contribution < -0.4 is 0 Å². The Balaban J connectivity index is 1.38. The van der Waals surface area contributed by atoms with E-state index in [1.54, 1.807) is 0 Å². The molecule has 1 fully saturated rings. The van der Waals surface area contributed by atoms with Gasteiger partial charge in [-0.3, -0.25) is 4.79 Å². The quantitative estimate of drug-likeness (QED) is 0.576. The van der Waals surface area contributed by atoms with E-state index in [-0.39, 0.29) is 23.0 Å². The van der Waals surface area contributed by atoms with Crippen LogP contribution >= 0.6 is 11.6 Å². The molecule has 4 nitrogen and oxygen atoms in total. The van der Waals surface area contributed by atoms with Crippen LogP contribution in [0.15, 0.2) is 48.8 Å². The van der Waals surface area contributed by atoms with Gasteiger partial charge in [-0.25, -0.2) is 4.98 Å². The monoisotopic (exact) mass is 435 g/mol. The molecule has 1 aromatic carbocycles. The number of hydrogen-bond acceptors (Lipinski definition) is 2. The number of fused-ring (bicyclic) bond motifs is 1. The van der Waals surface area contributed by atoms with E-state index in [1.807, 2.05) is 23.1 Å². The highest BCUT2D eigenvalue weighted by Crippen LogP contribution is 2.32. The smallest absolute Gasteiger partial charge is 0.342 e. The second-order valence-corrected chi connectivity index (χ2v) is 8.14. The lowest BCUT2D eigenvalue weighted by Crippen LogP contribution is -2.39. The van der Waals surface area contributed by atoms with E-state index in [2.05, 4.69) is 17.1 Å². The maximum absolute atomic E-state index is 13.0. The summed E-state index contributed by atoms with van der Waals surface area (Å²) < 4.78 is 40.2. The van der Waals surface area contributed by atoms with Crippen LogP contribution in [0.1, 0.15) is 29.7 Å². The number of amides is 1. The average molecular weight is 436 g/mol. The third-order valence-corrected chi connectivity index (χ3v) is 5.83. The molecule has 0 bridgehead atoms. The summed E-state index contributed by atoms with van der Waals surface area (Å²) in [5.41, 5.74) is 1.08. The van der Waals surface area contributed by atoms with Gasteiger partial charge in [0.05, 0.1) is 22.7 Å². The molecule has 3 aromatic rings. The molecule has 158 valence electrons. The van der Waals surface area contributed by atoms with Crippen LogP contribution in [-0.4, -0.2) is 33.3 Å². The maximum atomic E-state index is 13.0. The first-order valence-corrected chi connectivity index (χ1v) is 10.2. The molecule has 0 unspecified atom stereocenters. The molecule has 4 rings (SSSR count). The fourth-order valence-electron chi connectivity index (χ4n) is 3.95. The minimum Gasteiger partial charge on any atom is -0.342 e. The van der Waals surface area contributed by atoms with E-state index in [4.69, 9.17) is 11.6 Å². The summed E-state index contributed by atoms with van der Waals surface area (Å²) in [4.78, 5) is 18.8. The summed E-state index contributed by atoms with van der Waals surface area (Å²) in [5, 5.41) is -0.0924. The number of pyridine rings is 1. The fourth-order valence-corrected chi connectivity index (χ4v) is 4.21. The third kappa shape index (κ3) is 4.61. The van der Waals surface area contributed by atoms with Gasteiger partial charge in [-0.05, 0) is 36.8 Å². The minimum absolute atomic E-state index is 0.0444. The lowest BCUT2D eigenvalue weighted by molar-refractivity contribution is -0.138. The van der Waals surface area contributed by atoms with Crippen molar-refractivity contribution in [2.45, 2.75) is 31.9 Å². The first kappa shape index (κ1) is 20.7. The summed E-state index contributed by atoms with van der Waals surface area (Å²) >= 11 is 5.97. The SMILES string of the molecule is O=C(Cc1cn2cc(C(F)(F)F)cc(Cl)c2n1)N1CCC(Cc2ccccc2)CC1. The van der Waals surface area contributed by atoms with Crippen molar-refractivity contribution in [2.24, 2.45) is 5.92 Å². The van der Waals surface area contributed by atoms with Gasteiger partial charge in [-0.15, -0.1) is 0 Å². The first-order chi connectivity index (χ1) is 14.3. The van der Waals surface area contributed by atoms with E-state index in [0.717, 1.165) is 31.5 Å². The Morgan fingerprint density at radius 2 is 1.83 bits per heavy atom. The Morgan fingerprint density at radius 1 is 1.13 bits per heavy atom. The van der Waals surface area contributed by atoms with Crippen molar-refractivity contribution in [3.05, 3.63) is 70.6 Å². The zero-order valence-electron chi connectivity index (χ0n) is 16.2. The van der Waals surface area contributed by atoms with Gasteiger partial charge in [-0.1, -0.05) is 41.9 Å². The normalized spacial score (nSPS) is 15.7. The van der Waals surface area contributed by atoms with Gasteiger partial charge in [0.25, 0.3) is 0 Å². The molecule has 2 aromatic heterocycles. The Bertz CT molecular complexity index is 1040. The number of aromatic nitrogens is 2. The Kier molecular flexibility index (Phi) is 5.73. The zero-order valence-corrected chi connectivity index (χ0v) is 17.0. The molecular formula is C22H21ClF3N3O. The molecule has 8 heteroatoms. The molecule has 0 atom stereocenters. The number of benzene rings is 1. The van der Waals surface area contributed by atoms with Crippen LogP contribution in [0.4, 0.5) is 13.2 Å². The predicted molar refractivity (Wildman–Crippen MR) is 108 cm³/mol. The van der Waals surface area contributed by atoms with E-state index in [0.29, 0.717) is 24.7 Å². The molecule has 0 aliphatic carbocycles. The standard InChI is InChI=1S/C22H21ClF3N3O/c23-19-11-17(22(24,25)26)13-29-14-18(27-21(19)29)12-20(30)28-8-6-16(7-9-28)10-15-4-2-1-3-5-15/h1-5,11,13-14,16H,6-10,12H2. The Labute approximate surface area is 177 Å². The average Bonchev–Trinajstić information content (AvgIpc) is 3.12. The molecule has 0 spiro atoms. The summed E-state index contributed by atoms with van der Waals surface area (Å²) in [6, 6.07) is 11.2. The van der Waals surface area contributed by atoms with Crippen LogP contribution in [0, 0.1) is 5.92 Å². The highest BCUT2D eigenvalue weighted by atomic mass is 35.5. The number of nitrogens with zero attached hydrogens (tertiary/aromatic N) is 3. The largest absolute Gasteiger partial charge is 0.417 e. The third-order valence-electron chi connectivity index (χ3n) is 5.55. The summed E-state index contributed by atoms with van der Waals surface area (Å²) in [6.45, 7) is 1.37. The van der Waals surface area contributed by atoms with Gasteiger partial charge in [0.2, 0.25) is 5.91 Å². The molecule has 0 radical (unpaired) electrons. The van der Waals surface area contributed by atoms with Crippen molar-refractivity contribution in [1.82, 2.24) is 14.3 Å². The molecular weight excluding hydrogens is 415 g/mol. The predicted octanol–water partition coefficient (Wildman–Crippen LogP) is 5.03. The van der Waals surface area contributed by atoms with Gasteiger partial charge < -0.3 is 9.30 Å². The molecule has 3 heterocycles. The highest BCUT2D eigenvalue weighted by molar-refractivity contribution is 6.33. The number of likely N-dealkylation sites (tertiary alicyclic amines) is 1. The van der Waals surface area contributed by atoms with Crippen LogP contribution in [0.5, 0.6) is 0 Å². The number of carbonyl (C=O) groups excluding carboxylic acids is 1. The minimum atomic E-state index is -4.50. The summed E-state index contributed by atoms with van der Waals surface area (Å²) in [5.74, 6) is 0.481. The van der Waals surface area contributed by atoms with Crippen molar-refractivity contribution in [2.75, 3.05) is 13.1 Å². The van der Waals surface area contributed by atoms with Crippen molar-refractivity contribution < 1.29 is 18.0 Å². The Hall–Kier alpha value is -2.54. The van der Waals surface area contributed by atoms with Gasteiger partial charge in [-0.2, -0.15) is 13.2 Å². The maximum Gasteiger partial charge on any atom is 0.417 e. The molecule has 1 saturated heterocycles. The van der Waals surface area contributed by atoms with Crippen molar-refractivity contribution in [1.29, 1.82) is 0 Å².